The highest BCUT2D eigenvalue weighted by atomic mass is 16.3. The van der Waals surface area contributed by atoms with Crippen molar-refractivity contribution in [1.82, 2.24) is 0 Å². The monoisotopic (exact) mass is 164 g/mol. The molecule has 0 aromatic rings. The SMILES string of the molecule is CC#CC(O)C1CC2CCC1C2. The minimum atomic E-state index is -0.342. The summed E-state index contributed by atoms with van der Waals surface area (Å²) >= 11 is 0. The molecule has 0 heterocycles. The largest absolute Gasteiger partial charge is 0.380 e. The van der Waals surface area contributed by atoms with E-state index < -0.39 is 0 Å². The number of hydrogen-bond acceptors (Lipinski definition) is 1. The normalized spacial score (nSPS) is 40.7. The highest BCUT2D eigenvalue weighted by Crippen LogP contribution is 2.49. The average molecular weight is 164 g/mol. The first-order valence-electron chi connectivity index (χ1n) is 4.91. The molecule has 4 atom stereocenters. The Hall–Kier alpha value is -0.480. The van der Waals surface area contributed by atoms with Crippen LogP contribution in [-0.4, -0.2) is 11.2 Å². The fourth-order valence-electron chi connectivity index (χ4n) is 2.94. The van der Waals surface area contributed by atoms with Gasteiger partial charge in [-0.1, -0.05) is 12.3 Å². The molecule has 0 radical (unpaired) electrons. The van der Waals surface area contributed by atoms with Crippen molar-refractivity contribution in [3.05, 3.63) is 0 Å². The van der Waals surface area contributed by atoms with Gasteiger partial charge in [0.25, 0.3) is 0 Å². The van der Waals surface area contributed by atoms with Crippen LogP contribution in [0.25, 0.3) is 0 Å². The van der Waals surface area contributed by atoms with Gasteiger partial charge in [-0.15, -0.1) is 5.92 Å². The third-order valence-corrected chi connectivity index (χ3v) is 3.49. The van der Waals surface area contributed by atoms with Gasteiger partial charge in [0, 0.05) is 0 Å². The van der Waals surface area contributed by atoms with Crippen LogP contribution in [0.5, 0.6) is 0 Å². The predicted molar refractivity (Wildman–Crippen MR) is 48.4 cm³/mol. The van der Waals surface area contributed by atoms with Crippen molar-refractivity contribution in [3.63, 3.8) is 0 Å². The molecule has 0 aromatic carbocycles. The standard InChI is InChI=1S/C11H16O/c1-2-3-11(12)10-7-8-4-5-9(10)6-8/h8-12H,4-7H2,1H3. The summed E-state index contributed by atoms with van der Waals surface area (Å²) in [5.74, 6) is 7.87. The molecule has 0 saturated heterocycles. The Morgan fingerprint density at radius 1 is 1.33 bits per heavy atom. The minimum Gasteiger partial charge on any atom is -0.380 e. The van der Waals surface area contributed by atoms with Gasteiger partial charge < -0.3 is 5.11 Å². The first kappa shape index (κ1) is 8.13. The highest BCUT2D eigenvalue weighted by molar-refractivity contribution is 5.08. The van der Waals surface area contributed by atoms with Crippen LogP contribution in [0, 0.1) is 29.6 Å². The highest BCUT2D eigenvalue weighted by Gasteiger charge is 2.42. The van der Waals surface area contributed by atoms with Crippen LogP contribution in [0.15, 0.2) is 0 Å². The van der Waals surface area contributed by atoms with Gasteiger partial charge in [-0.2, -0.15) is 0 Å². The van der Waals surface area contributed by atoms with Crippen LogP contribution in [0.3, 0.4) is 0 Å². The van der Waals surface area contributed by atoms with Crippen molar-refractivity contribution < 1.29 is 5.11 Å². The van der Waals surface area contributed by atoms with Gasteiger partial charge in [0.2, 0.25) is 0 Å². The maximum Gasteiger partial charge on any atom is 0.117 e. The van der Waals surface area contributed by atoms with Crippen molar-refractivity contribution in [1.29, 1.82) is 0 Å². The molecule has 4 unspecified atom stereocenters. The summed E-state index contributed by atoms with van der Waals surface area (Å²) < 4.78 is 0. The molecule has 1 nitrogen and oxygen atoms in total. The number of aliphatic hydroxyl groups is 1. The maximum atomic E-state index is 9.70. The van der Waals surface area contributed by atoms with E-state index in [0.717, 1.165) is 11.8 Å². The molecule has 2 saturated carbocycles. The fourth-order valence-corrected chi connectivity index (χ4v) is 2.94. The van der Waals surface area contributed by atoms with Gasteiger partial charge in [-0.3, -0.25) is 0 Å². The summed E-state index contributed by atoms with van der Waals surface area (Å²) in [6.07, 6.45) is 4.96. The Kier molecular flexibility index (Phi) is 2.11. The molecule has 1 N–H and O–H groups in total. The fraction of sp³-hybridized carbons (Fsp3) is 0.818. The van der Waals surface area contributed by atoms with Gasteiger partial charge >= 0.3 is 0 Å². The maximum absolute atomic E-state index is 9.70. The van der Waals surface area contributed by atoms with Crippen molar-refractivity contribution >= 4 is 0 Å². The first-order valence-corrected chi connectivity index (χ1v) is 4.91. The van der Waals surface area contributed by atoms with E-state index in [9.17, 15) is 5.11 Å². The molecule has 66 valence electrons. The smallest absolute Gasteiger partial charge is 0.117 e. The predicted octanol–water partition coefficient (Wildman–Crippen LogP) is 1.81. The molecule has 2 fully saturated rings. The summed E-state index contributed by atoms with van der Waals surface area (Å²) in [7, 11) is 0. The second-order valence-electron chi connectivity index (χ2n) is 4.18. The molecule has 2 rings (SSSR count). The van der Waals surface area contributed by atoms with E-state index in [2.05, 4.69) is 11.8 Å². The summed E-state index contributed by atoms with van der Waals surface area (Å²) in [5, 5.41) is 9.70. The minimum absolute atomic E-state index is 0.342. The van der Waals surface area contributed by atoms with Gasteiger partial charge in [-0.05, 0) is 43.9 Å². The molecule has 2 bridgehead atoms. The van der Waals surface area contributed by atoms with Crippen LogP contribution in [0.1, 0.15) is 32.6 Å². The summed E-state index contributed by atoms with van der Waals surface area (Å²) in [5.41, 5.74) is 0. The van der Waals surface area contributed by atoms with Crippen LogP contribution >= 0.6 is 0 Å². The van der Waals surface area contributed by atoms with E-state index in [0.29, 0.717) is 5.92 Å². The average Bonchev–Trinajstić information content (AvgIpc) is 2.64. The Labute approximate surface area is 74.2 Å². The number of hydrogen-bond donors (Lipinski definition) is 1. The number of aliphatic hydroxyl groups excluding tert-OH is 1. The summed E-state index contributed by atoms with van der Waals surface area (Å²) in [4.78, 5) is 0. The molecule has 2 aliphatic carbocycles. The van der Waals surface area contributed by atoms with E-state index in [-0.39, 0.29) is 6.10 Å². The lowest BCUT2D eigenvalue weighted by Crippen LogP contribution is -2.24. The molecule has 1 heteroatoms. The van der Waals surface area contributed by atoms with E-state index in [1.54, 1.807) is 6.92 Å². The zero-order chi connectivity index (χ0) is 8.55. The van der Waals surface area contributed by atoms with Crippen molar-refractivity contribution in [3.8, 4) is 11.8 Å². The zero-order valence-electron chi connectivity index (χ0n) is 7.59. The Balaban J connectivity index is 2.00. The second-order valence-corrected chi connectivity index (χ2v) is 4.18. The van der Waals surface area contributed by atoms with Gasteiger partial charge in [0.15, 0.2) is 0 Å². The van der Waals surface area contributed by atoms with E-state index in [4.69, 9.17) is 0 Å². The molecular formula is C11H16O. The molecule has 0 aliphatic heterocycles. The van der Waals surface area contributed by atoms with Crippen molar-refractivity contribution in [2.24, 2.45) is 17.8 Å². The molecule has 12 heavy (non-hydrogen) atoms. The third kappa shape index (κ3) is 1.25. The van der Waals surface area contributed by atoms with Crippen molar-refractivity contribution in [2.75, 3.05) is 0 Å². The lowest BCUT2D eigenvalue weighted by Gasteiger charge is -2.23. The quantitative estimate of drug-likeness (QED) is 0.586. The van der Waals surface area contributed by atoms with Gasteiger partial charge in [0.1, 0.15) is 6.10 Å². The molecule has 2 aliphatic rings. The van der Waals surface area contributed by atoms with Crippen LogP contribution in [-0.2, 0) is 0 Å². The molecule has 0 aromatic heterocycles. The zero-order valence-corrected chi connectivity index (χ0v) is 7.59. The molecule has 0 spiro atoms. The lowest BCUT2D eigenvalue weighted by atomic mass is 9.85. The topological polar surface area (TPSA) is 20.2 Å². The first-order chi connectivity index (χ1) is 5.81. The Bertz CT molecular complexity index is 223. The Morgan fingerprint density at radius 3 is 2.67 bits per heavy atom. The summed E-state index contributed by atoms with van der Waals surface area (Å²) in [6.45, 7) is 1.80. The summed E-state index contributed by atoms with van der Waals surface area (Å²) in [6, 6.07) is 0. The third-order valence-electron chi connectivity index (χ3n) is 3.49. The molecular weight excluding hydrogens is 148 g/mol. The van der Waals surface area contributed by atoms with Crippen LogP contribution in [0.4, 0.5) is 0 Å². The van der Waals surface area contributed by atoms with Gasteiger partial charge in [0.05, 0.1) is 0 Å². The van der Waals surface area contributed by atoms with E-state index in [1.165, 1.54) is 25.7 Å². The van der Waals surface area contributed by atoms with E-state index >= 15 is 0 Å². The second kappa shape index (κ2) is 3.11. The Morgan fingerprint density at radius 2 is 2.17 bits per heavy atom. The van der Waals surface area contributed by atoms with Crippen LogP contribution < -0.4 is 0 Å². The van der Waals surface area contributed by atoms with E-state index in [1.807, 2.05) is 0 Å². The number of rotatable bonds is 1. The van der Waals surface area contributed by atoms with Gasteiger partial charge in [-0.25, -0.2) is 0 Å². The van der Waals surface area contributed by atoms with Crippen molar-refractivity contribution in [2.45, 2.75) is 38.7 Å². The molecule has 0 amide bonds. The van der Waals surface area contributed by atoms with Crippen LogP contribution in [0.2, 0.25) is 0 Å². The lowest BCUT2D eigenvalue weighted by molar-refractivity contribution is 0.121. The number of fused-ring (bicyclic) bond motifs is 2.